The minimum absolute atomic E-state index is 0.0662. The summed E-state index contributed by atoms with van der Waals surface area (Å²) in [6, 6.07) is 18.9. The molecule has 0 saturated heterocycles. The molecule has 0 aliphatic rings. The van der Waals surface area contributed by atoms with Crippen LogP contribution in [0, 0.1) is 10.1 Å². The molecular weight excluding hydrogens is 360 g/mol. The molecule has 3 aromatic heterocycles. The van der Waals surface area contributed by atoms with Crippen molar-refractivity contribution in [3.05, 3.63) is 83.2 Å². The average molecular weight is 372 g/mol. The van der Waals surface area contributed by atoms with Crippen molar-refractivity contribution in [3.8, 4) is 16.5 Å². The largest absolute Gasteiger partial charge is 0.277 e. The fraction of sp³-hybridized carbons (Fsp3) is 0. The Labute approximate surface area is 157 Å². The number of nitrogens with zero attached hydrogens (tertiary/aromatic N) is 4. The highest BCUT2D eigenvalue weighted by atomic mass is 32.1. The lowest BCUT2D eigenvalue weighted by Crippen LogP contribution is -2.01. The van der Waals surface area contributed by atoms with Crippen molar-refractivity contribution in [1.29, 1.82) is 0 Å². The Morgan fingerprint density at radius 2 is 1.74 bits per heavy atom. The maximum Gasteiger partial charge on any atom is 0.270 e. The highest BCUT2D eigenvalue weighted by Gasteiger charge is 2.18. The van der Waals surface area contributed by atoms with Crippen LogP contribution in [0.1, 0.15) is 0 Å². The van der Waals surface area contributed by atoms with Gasteiger partial charge >= 0.3 is 0 Å². The molecule has 0 N–H and O–H groups in total. The number of fused-ring (bicyclic) bond motifs is 2. The van der Waals surface area contributed by atoms with Crippen molar-refractivity contribution in [2.45, 2.75) is 0 Å². The first-order chi connectivity index (χ1) is 13.2. The molecule has 5 aromatic rings. The number of non-ortho nitro benzene ring substituents is 1. The molecule has 0 unspecified atom stereocenters. The number of benzene rings is 2. The van der Waals surface area contributed by atoms with Gasteiger partial charge in [0.25, 0.3) is 5.69 Å². The molecule has 6 nitrogen and oxygen atoms in total. The van der Waals surface area contributed by atoms with Crippen molar-refractivity contribution >= 4 is 38.0 Å². The van der Waals surface area contributed by atoms with Crippen LogP contribution < -0.4 is 0 Å². The van der Waals surface area contributed by atoms with Crippen LogP contribution in [0.4, 0.5) is 5.69 Å². The number of aromatic nitrogens is 3. The Bertz CT molecular complexity index is 1270. The Hall–Kier alpha value is -3.58. The molecule has 0 saturated carbocycles. The lowest BCUT2D eigenvalue weighted by Gasteiger charge is -2.07. The third kappa shape index (κ3) is 2.56. The van der Waals surface area contributed by atoms with E-state index in [2.05, 4.69) is 28.2 Å². The van der Waals surface area contributed by atoms with Crippen molar-refractivity contribution < 1.29 is 4.92 Å². The molecule has 0 atom stereocenters. The van der Waals surface area contributed by atoms with Gasteiger partial charge in [-0.05, 0) is 35.7 Å². The van der Waals surface area contributed by atoms with E-state index in [4.69, 9.17) is 0 Å². The van der Waals surface area contributed by atoms with Gasteiger partial charge in [0.1, 0.15) is 0 Å². The zero-order chi connectivity index (χ0) is 18.4. The van der Waals surface area contributed by atoms with E-state index in [0.717, 1.165) is 26.9 Å². The minimum atomic E-state index is -0.380. The first kappa shape index (κ1) is 15.7. The summed E-state index contributed by atoms with van der Waals surface area (Å²) in [7, 11) is 0. The number of hydrogen-bond acceptors (Lipinski definition) is 5. The van der Waals surface area contributed by atoms with Gasteiger partial charge in [-0.3, -0.25) is 14.7 Å². The Balaban J connectivity index is 1.83. The van der Waals surface area contributed by atoms with Gasteiger partial charge in [-0.15, -0.1) is 11.3 Å². The van der Waals surface area contributed by atoms with Crippen molar-refractivity contribution in [1.82, 2.24) is 14.5 Å². The highest BCUT2D eigenvalue weighted by molar-refractivity contribution is 7.22. The Morgan fingerprint density at radius 3 is 2.52 bits per heavy atom. The van der Waals surface area contributed by atoms with E-state index in [9.17, 15) is 10.1 Å². The molecule has 27 heavy (non-hydrogen) atoms. The number of nitro benzene ring substituents is 1. The topological polar surface area (TPSA) is 73.8 Å². The van der Waals surface area contributed by atoms with Crippen LogP contribution in [0.3, 0.4) is 0 Å². The van der Waals surface area contributed by atoms with Crippen LogP contribution >= 0.6 is 11.3 Å². The number of rotatable bonds is 3. The highest BCUT2D eigenvalue weighted by Crippen LogP contribution is 2.38. The van der Waals surface area contributed by atoms with Crippen LogP contribution in [0.25, 0.3) is 37.5 Å². The zero-order valence-electron chi connectivity index (χ0n) is 13.9. The maximum atomic E-state index is 11.2. The molecule has 0 amide bonds. The van der Waals surface area contributed by atoms with E-state index in [-0.39, 0.29) is 10.6 Å². The molecule has 5 rings (SSSR count). The fourth-order valence-corrected chi connectivity index (χ4v) is 4.30. The molecular formula is C20H12N4O2S. The molecule has 0 radical (unpaired) electrons. The van der Waals surface area contributed by atoms with Crippen molar-refractivity contribution in [2.75, 3.05) is 0 Å². The van der Waals surface area contributed by atoms with E-state index in [1.165, 1.54) is 10.8 Å². The molecule has 0 aliphatic carbocycles. The van der Waals surface area contributed by atoms with Gasteiger partial charge in [0.05, 0.1) is 21.0 Å². The van der Waals surface area contributed by atoms with Crippen LogP contribution in [-0.4, -0.2) is 19.5 Å². The molecule has 0 bridgehead atoms. The van der Waals surface area contributed by atoms with E-state index in [1.54, 1.807) is 41.9 Å². The second kappa shape index (κ2) is 6.00. The van der Waals surface area contributed by atoms with E-state index in [0.29, 0.717) is 5.95 Å². The van der Waals surface area contributed by atoms with Gasteiger partial charge in [0, 0.05) is 34.6 Å². The quantitative estimate of drug-likeness (QED) is 0.322. The summed E-state index contributed by atoms with van der Waals surface area (Å²) in [4.78, 5) is 20.6. The maximum absolute atomic E-state index is 11.2. The van der Waals surface area contributed by atoms with Crippen LogP contribution in [0.15, 0.2) is 73.1 Å². The smallest absolute Gasteiger partial charge is 0.270 e. The predicted molar refractivity (Wildman–Crippen MR) is 106 cm³/mol. The molecule has 0 spiro atoms. The number of thiophene rings is 1. The second-order valence-electron chi connectivity index (χ2n) is 6.06. The lowest BCUT2D eigenvalue weighted by atomic mass is 10.2. The van der Waals surface area contributed by atoms with Crippen LogP contribution in [0.5, 0.6) is 0 Å². The molecule has 7 heteroatoms. The summed E-state index contributed by atoms with van der Waals surface area (Å²) in [5.41, 5.74) is 1.81. The minimum Gasteiger partial charge on any atom is -0.277 e. The van der Waals surface area contributed by atoms with Gasteiger partial charge in [-0.25, -0.2) is 9.97 Å². The first-order valence-corrected chi connectivity index (χ1v) is 9.08. The van der Waals surface area contributed by atoms with Gasteiger partial charge in [-0.2, -0.15) is 0 Å². The van der Waals surface area contributed by atoms with E-state index < -0.39 is 0 Å². The molecule has 3 heterocycles. The van der Waals surface area contributed by atoms with E-state index in [1.807, 2.05) is 22.8 Å². The zero-order valence-corrected chi connectivity index (χ0v) is 14.8. The summed E-state index contributed by atoms with van der Waals surface area (Å²) in [6.45, 7) is 0. The van der Waals surface area contributed by atoms with Crippen LogP contribution in [-0.2, 0) is 0 Å². The molecule has 0 aliphatic heterocycles. The third-order valence-corrected chi connectivity index (χ3v) is 5.56. The monoisotopic (exact) mass is 372 g/mol. The SMILES string of the molecule is O=[N+]([O-])c1ccc2c(c1)cc(-c1cc3ccccc3s1)n2-c1ncccn1. The summed E-state index contributed by atoms with van der Waals surface area (Å²) in [5, 5.41) is 13.1. The molecule has 2 aromatic carbocycles. The van der Waals surface area contributed by atoms with Gasteiger partial charge in [0.15, 0.2) is 0 Å². The summed E-state index contributed by atoms with van der Waals surface area (Å²) in [6.07, 6.45) is 3.38. The summed E-state index contributed by atoms with van der Waals surface area (Å²) < 4.78 is 3.13. The second-order valence-corrected chi connectivity index (χ2v) is 7.15. The van der Waals surface area contributed by atoms with E-state index >= 15 is 0 Å². The standard InChI is InChI=1S/C20H12N4O2S/c25-24(26)15-6-7-16-14(10-15)11-17(23(16)20-21-8-3-9-22-20)19-12-13-4-1-2-5-18(13)27-19/h1-12H. The van der Waals surface area contributed by atoms with Gasteiger partial charge in [0.2, 0.25) is 5.95 Å². The summed E-state index contributed by atoms with van der Waals surface area (Å²) >= 11 is 1.67. The van der Waals surface area contributed by atoms with Crippen molar-refractivity contribution in [3.63, 3.8) is 0 Å². The average Bonchev–Trinajstić information content (AvgIpc) is 3.29. The molecule has 0 fully saturated rings. The number of hydrogen-bond donors (Lipinski definition) is 0. The fourth-order valence-electron chi connectivity index (χ4n) is 3.23. The van der Waals surface area contributed by atoms with Crippen LogP contribution in [0.2, 0.25) is 0 Å². The van der Waals surface area contributed by atoms with Crippen molar-refractivity contribution in [2.24, 2.45) is 0 Å². The third-order valence-electron chi connectivity index (χ3n) is 4.43. The Kier molecular flexibility index (Phi) is 3.48. The Morgan fingerprint density at radius 1 is 0.926 bits per heavy atom. The lowest BCUT2D eigenvalue weighted by molar-refractivity contribution is -0.384. The normalized spacial score (nSPS) is 11.3. The summed E-state index contributed by atoms with van der Waals surface area (Å²) in [5.74, 6) is 0.536. The first-order valence-electron chi connectivity index (χ1n) is 8.27. The number of nitro groups is 1. The van der Waals surface area contributed by atoms with Gasteiger partial charge in [-0.1, -0.05) is 18.2 Å². The predicted octanol–water partition coefficient (Wildman–Crippen LogP) is 5.21. The van der Waals surface area contributed by atoms with Gasteiger partial charge < -0.3 is 0 Å². The molecule has 130 valence electrons.